The van der Waals surface area contributed by atoms with Crippen LogP contribution in [0.5, 0.6) is 17.5 Å². The molecule has 0 bridgehead atoms. The third-order valence-electron chi connectivity index (χ3n) is 3.12. The molecule has 0 aliphatic rings. The molecule has 0 unspecified atom stereocenters. The Balaban J connectivity index is 1.82. The first kappa shape index (κ1) is 13.9. The maximum Gasteiger partial charge on any atom is 0.346 e. The molecule has 0 spiro atoms. The zero-order valence-corrected chi connectivity index (χ0v) is 12.0. The van der Waals surface area contributed by atoms with Gasteiger partial charge in [0.2, 0.25) is 0 Å². The zero-order chi connectivity index (χ0) is 15.4. The van der Waals surface area contributed by atoms with Crippen LogP contribution in [0.3, 0.4) is 0 Å². The van der Waals surface area contributed by atoms with E-state index in [0.29, 0.717) is 12.3 Å². The highest BCUT2D eigenvalue weighted by molar-refractivity contribution is 5.34. The Hall–Kier alpha value is -3.02. The van der Waals surface area contributed by atoms with Gasteiger partial charge in [0.1, 0.15) is 11.5 Å². The maximum absolute atomic E-state index is 11.7. The lowest BCUT2D eigenvalue weighted by atomic mass is 10.2. The molecule has 112 valence electrons. The second-order valence-electron chi connectivity index (χ2n) is 4.66. The smallest absolute Gasteiger partial charge is 0.346 e. The first-order valence-electron chi connectivity index (χ1n) is 6.77. The van der Waals surface area contributed by atoms with E-state index in [1.807, 2.05) is 54.6 Å². The van der Waals surface area contributed by atoms with Gasteiger partial charge in [-0.3, -0.25) is 0 Å². The second kappa shape index (κ2) is 6.17. The molecule has 2 aromatic carbocycles. The van der Waals surface area contributed by atoms with Crippen LogP contribution >= 0.6 is 0 Å². The van der Waals surface area contributed by atoms with E-state index in [4.69, 9.17) is 9.47 Å². The highest BCUT2D eigenvalue weighted by Crippen LogP contribution is 2.22. The minimum Gasteiger partial charge on any atom is -0.467 e. The molecule has 6 nitrogen and oxygen atoms in total. The molecule has 0 atom stereocenters. The number of para-hydroxylation sites is 1. The number of rotatable bonds is 5. The molecule has 3 aromatic rings. The van der Waals surface area contributed by atoms with Crippen molar-refractivity contribution in [2.45, 2.75) is 6.54 Å². The molecule has 0 aliphatic carbocycles. The van der Waals surface area contributed by atoms with Gasteiger partial charge >= 0.3 is 11.7 Å². The zero-order valence-electron chi connectivity index (χ0n) is 12.0. The normalized spacial score (nSPS) is 10.4. The Kier molecular flexibility index (Phi) is 3.91. The molecule has 3 rings (SSSR count). The Labute approximate surface area is 126 Å². The Morgan fingerprint density at radius 1 is 1.09 bits per heavy atom. The summed E-state index contributed by atoms with van der Waals surface area (Å²) in [6.07, 6.45) is 0. The van der Waals surface area contributed by atoms with Crippen LogP contribution in [0, 0.1) is 0 Å². The minimum absolute atomic E-state index is 0.249. The number of ether oxygens (including phenoxy) is 2. The SMILES string of the molecule is COc1n[nH]c(=O)n1Cc1cccc(Oc2ccccc2)c1. The molecule has 0 saturated heterocycles. The first-order valence-corrected chi connectivity index (χ1v) is 6.77. The van der Waals surface area contributed by atoms with Crippen molar-refractivity contribution in [2.75, 3.05) is 7.11 Å². The summed E-state index contributed by atoms with van der Waals surface area (Å²) in [5.74, 6) is 1.47. The maximum atomic E-state index is 11.7. The van der Waals surface area contributed by atoms with Gasteiger partial charge in [-0.1, -0.05) is 30.3 Å². The molecule has 1 heterocycles. The standard InChI is InChI=1S/C16H15N3O3/c1-21-16-18-17-15(20)19(16)11-12-6-5-9-14(10-12)22-13-7-3-2-4-8-13/h2-10H,11H2,1H3,(H,17,20). The van der Waals surface area contributed by atoms with Gasteiger partial charge < -0.3 is 9.47 Å². The van der Waals surface area contributed by atoms with E-state index in [1.165, 1.54) is 11.7 Å². The van der Waals surface area contributed by atoms with Gasteiger partial charge in [-0.25, -0.2) is 14.5 Å². The third kappa shape index (κ3) is 3.01. The molecular formula is C16H15N3O3. The van der Waals surface area contributed by atoms with Crippen molar-refractivity contribution < 1.29 is 9.47 Å². The number of benzene rings is 2. The number of aromatic amines is 1. The molecule has 22 heavy (non-hydrogen) atoms. The van der Waals surface area contributed by atoms with Gasteiger partial charge in [-0.15, -0.1) is 5.10 Å². The summed E-state index contributed by atoms with van der Waals surface area (Å²) < 4.78 is 12.3. The van der Waals surface area contributed by atoms with Crippen LogP contribution in [-0.2, 0) is 6.54 Å². The molecule has 1 N–H and O–H groups in total. The molecule has 0 aliphatic heterocycles. The van der Waals surface area contributed by atoms with Crippen LogP contribution in [0.1, 0.15) is 5.56 Å². The van der Waals surface area contributed by atoms with E-state index in [1.54, 1.807) is 0 Å². The fraction of sp³-hybridized carbons (Fsp3) is 0.125. The number of nitrogens with zero attached hydrogens (tertiary/aromatic N) is 2. The average Bonchev–Trinajstić information content (AvgIpc) is 2.89. The van der Waals surface area contributed by atoms with Crippen LogP contribution in [0.25, 0.3) is 0 Å². The fourth-order valence-electron chi connectivity index (χ4n) is 2.11. The highest BCUT2D eigenvalue weighted by atomic mass is 16.5. The number of hydrogen-bond donors (Lipinski definition) is 1. The van der Waals surface area contributed by atoms with E-state index in [-0.39, 0.29) is 11.7 Å². The number of H-pyrrole nitrogens is 1. The van der Waals surface area contributed by atoms with Crippen LogP contribution in [0.2, 0.25) is 0 Å². The molecule has 0 fully saturated rings. The van der Waals surface area contributed by atoms with Gasteiger partial charge in [0.25, 0.3) is 0 Å². The largest absolute Gasteiger partial charge is 0.467 e. The molecule has 0 amide bonds. The van der Waals surface area contributed by atoms with Crippen LogP contribution in [0.15, 0.2) is 59.4 Å². The summed E-state index contributed by atoms with van der Waals surface area (Å²) in [5, 5.41) is 6.16. The molecule has 0 saturated carbocycles. The second-order valence-corrected chi connectivity index (χ2v) is 4.66. The quantitative estimate of drug-likeness (QED) is 0.785. The van der Waals surface area contributed by atoms with Crippen molar-refractivity contribution in [1.82, 2.24) is 14.8 Å². The van der Waals surface area contributed by atoms with Crippen LogP contribution in [0.4, 0.5) is 0 Å². The number of methoxy groups -OCH3 is 1. The van der Waals surface area contributed by atoms with Crippen molar-refractivity contribution in [3.63, 3.8) is 0 Å². The van der Waals surface area contributed by atoms with Gasteiger partial charge in [0.15, 0.2) is 0 Å². The lowest BCUT2D eigenvalue weighted by Gasteiger charge is -2.08. The van der Waals surface area contributed by atoms with Crippen molar-refractivity contribution >= 4 is 0 Å². The molecule has 6 heteroatoms. The number of aromatic nitrogens is 3. The lowest BCUT2D eigenvalue weighted by Crippen LogP contribution is -2.18. The Bertz CT molecular complexity index is 809. The fourth-order valence-corrected chi connectivity index (χ4v) is 2.11. The highest BCUT2D eigenvalue weighted by Gasteiger charge is 2.09. The predicted molar refractivity (Wildman–Crippen MR) is 81.5 cm³/mol. The summed E-state index contributed by atoms with van der Waals surface area (Å²) in [5.41, 5.74) is 0.599. The molecular weight excluding hydrogens is 282 g/mol. The van der Waals surface area contributed by atoms with E-state index < -0.39 is 0 Å². The first-order chi connectivity index (χ1) is 10.8. The summed E-state index contributed by atoms with van der Waals surface area (Å²) in [4.78, 5) is 11.7. The van der Waals surface area contributed by atoms with Crippen molar-refractivity contribution in [2.24, 2.45) is 0 Å². The molecule has 0 radical (unpaired) electrons. The van der Waals surface area contributed by atoms with Gasteiger partial charge in [-0.2, -0.15) is 0 Å². The minimum atomic E-state index is -0.314. The van der Waals surface area contributed by atoms with Crippen molar-refractivity contribution in [3.05, 3.63) is 70.6 Å². The van der Waals surface area contributed by atoms with E-state index in [0.717, 1.165) is 11.3 Å². The molecule has 1 aromatic heterocycles. The Morgan fingerprint density at radius 2 is 1.86 bits per heavy atom. The van der Waals surface area contributed by atoms with Crippen LogP contribution < -0.4 is 15.2 Å². The van der Waals surface area contributed by atoms with Crippen molar-refractivity contribution in [3.8, 4) is 17.5 Å². The number of hydrogen-bond acceptors (Lipinski definition) is 4. The monoisotopic (exact) mass is 297 g/mol. The van der Waals surface area contributed by atoms with E-state index >= 15 is 0 Å². The summed E-state index contributed by atoms with van der Waals surface area (Å²) in [7, 11) is 1.47. The summed E-state index contributed by atoms with van der Waals surface area (Å²) in [6.45, 7) is 0.352. The number of nitrogens with one attached hydrogen (secondary N) is 1. The predicted octanol–water partition coefficient (Wildman–Crippen LogP) is 2.42. The van der Waals surface area contributed by atoms with Gasteiger partial charge in [0.05, 0.1) is 13.7 Å². The van der Waals surface area contributed by atoms with E-state index in [9.17, 15) is 4.79 Å². The van der Waals surface area contributed by atoms with Gasteiger partial charge in [0, 0.05) is 0 Å². The van der Waals surface area contributed by atoms with E-state index in [2.05, 4.69) is 10.2 Å². The van der Waals surface area contributed by atoms with Gasteiger partial charge in [-0.05, 0) is 29.8 Å². The summed E-state index contributed by atoms with van der Waals surface area (Å²) in [6, 6.07) is 17.3. The topological polar surface area (TPSA) is 69.1 Å². The van der Waals surface area contributed by atoms with Crippen LogP contribution in [-0.4, -0.2) is 21.9 Å². The summed E-state index contributed by atoms with van der Waals surface area (Å²) >= 11 is 0. The Morgan fingerprint density at radius 3 is 2.64 bits per heavy atom. The van der Waals surface area contributed by atoms with Crippen molar-refractivity contribution in [1.29, 1.82) is 0 Å². The average molecular weight is 297 g/mol. The third-order valence-corrected chi connectivity index (χ3v) is 3.12. The lowest BCUT2D eigenvalue weighted by molar-refractivity contribution is 0.358.